The molecule has 1 aromatic rings. The normalized spacial score (nSPS) is 17.2. The van der Waals surface area contributed by atoms with Crippen molar-refractivity contribution in [2.75, 3.05) is 20.3 Å². The van der Waals surface area contributed by atoms with Gasteiger partial charge in [-0.25, -0.2) is 0 Å². The highest BCUT2D eigenvalue weighted by molar-refractivity contribution is 5.77. The van der Waals surface area contributed by atoms with Crippen LogP contribution < -0.4 is 10.1 Å². The van der Waals surface area contributed by atoms with Gasteiger partial charge >= 0.3 is 0 Å². The molecule has 1 aliphatic carbocycles. The van der Waals surface area contributed by atoms with Crippen LogP contribution in [0.4, 0.5) is 0 Å². The summed E-state index contributed by atoms with van der Waals surface area (Å²) >= 11 is 0. The standard InChI is InChI=1S/C20H31NO3/c1-20(2,14-22)10-5-11-21-19(23)13-16-7-4-6-15-12-17(24-3)8-9-18(15)16/h8-9,12,16,22H,4-7,10-11,13-14H2,1-3H3,(H,21,23). The molecule has 0 fully saturated rings. The molecule has 0 saturated heterocycles. The van der Waals surface area contributed by atoms with Crippen LogP contribution >= 0.6 is 0 Å². The SMILES string of the molecule is COc1ccc2c(c1)CCCC2CC(=O)NCCCC(C)(C)CO. The van der Waals surface area contributed by atoms with Gasteiger partial charge in [0.25, 0.3) is 0 Å². The molecule has 134 valence electrons. The Balaban J connectivity index is 1.83. The summed E-state index contributed by atoms with van der Waals surface area (Å²) in [6.07, 6.45) is 5.64. The van der Waals surface area contributed by atoms with E-state index in [1.54, 1.807) is 7.11 Å². The Morgan fingerprint density at radius 1 is 1.42 bits per heavy atom. The number of ether oxygens (including phenoxy) is 1. The monoisotopic (exact) mass is 333 g/mol. The quantitative estimate of drug-likeness (QED) is 0.717. The van der Waals surface area contributed by atoms with Crippen molar-refractivity contribution in [2.45, 2.75) is 58.3 Å². The summed E-state index contributed by atoms with van der Waals surface area (Å²) in [6, 6.07) is 6.22. The topological polar surface area (TPSA) is 58.6 Å². The second-order valence-electron chi connectivity index (χ2n) is 7.63. The summed E-state index contributed by atoms with van der Waals surface area (Å²) in [4.78, 5) is 12.3. The molecule has 1 aromatic carbocycles. The molecule has 1 atom stereocenters. The zero-order chi connectivity index (χ0) is 17.6. The number of hydrogen-bond donors (Lipinski definition) is 2. The van der Waals surface area contributed by atoms with Gasteiger partial charge in [-0.3, -0.25) is 4.79 Å². The van der Waals surface area contributed by atoms with E-state index < -0.39 is 0 Å². The van der Waals surface area contributed by atoms with Gasteiger partial charge < -0.3 is 15.2 Å². The maximum Gasteiger partial charge on any atom is 0.220 e. The van der Waals surface area contributed by atoms with Gasteiger partial charge in [0.1, 0.15) is 5.75 Å². The molecular formula is C20H31NO3. The lowest BCUT2D eigenvalue weighted by atomic mass is 9.81. The van der Waals surface area contributed by atoms with Gasteiger partial charge in [-0.1, -0.05) is 19.9 Å². The first kappa shape index (κ1) is 18.8. The zero-order valence-corrected chi connectivity index (χ0v) is 15.2. The molecule has 1 unspecified atom stereocenters. The molecule has 4 nitrogen and oxygen atoms in total. The molecule has 1 aliphatic rings. The zero-order valence-electron chi connectivity index (χ0n) is 15.2. The lowest BCUT2D eigenvalue weighted by molar-refractivity contribution is -0.121. The van der Waals surface area contributed by atoms with Gasteiger partial charge in [-0.2, -0.15) is 0 Å². The summed E-state index contributed by atoms with van der Waals surface area (Å²) in [6.45, 7) is 4.96. The molecule has 2 rings (SSSR count). The summed E-state index contributed by atoms with van der Waals surface area (Å²) < 4.78 is 5.30. The van der Waals surface area contributed by atoms with Crippen LogP contribution in [-0.4, -0.2) is 31.3 Å². The second-order valence-corrected chi connectivity index (χ2v) is 7.63. The Hall–Kier alpha value is -1.55. The first-order valence-corrected chi connectivity index (χ1v) is 8.99. The van der Waals surface area contributed by atoms with E-state index in [1.165, 1.54) is 11.1 Å². The van der Waals surface area contributed by atoms with Gasteiger partial charge in [0.15, 0.2) is 0 Å². The molecule has 24 heavy (non-hydrogen) atoms. The van der Waals surface area contributed by atoms with E-state index in [4.69, 9.17) is 4.74 Å². The number of benzene rings is 1. The fourth-order valence-corrected chi connectivity index (χ4v) is 3.40. The number of nitrogens with one attached hydrogen (secondary N) is 1. The number of carbonyl (C=O) groups is 1. The van der Waals surface area contributed by atoms with Crippen LogP contribution in [0.25, 0.3) is 0 Å². The number of fused-ring (bicyclic) bond motifs is 1. The number of aryl methyl sites for hydroxylation is 1. The molecule has 0 bridgehead atoms. The minimum absolute atomic E-state index is 0.0634. The van der Waals surface area contributed by atoms with Crippen LogP contribution in [-0.2, 0) is 11.2 Å². The number of carbonyl (C=O) groups excluding carboxylic acids is 1. The molecule has 0 heterocycles. The molecule has 0 aliphatic heterocycles. The average molecular weight is 333 g/mol. The smallest absolute Gasteiger partial charge is 0.220 e. The van der Waals surface area contributed by atoms with Crippen molar-refractivity contribution in [3.8, 4) is 5.75 Å². The summed E-state index contributed by atoms with van der Waals surface area (Å²) in [5.41, 5.74) is 2.56. The first-order valence-electron chi connectivity index (χ1n) is 8.99. The highest BCUT2D eigenvalue weighted by Gasteiger charge is 2.23. The van der Waals surface area contributed by atoms with E-state index in [0.717, 1.165) is 37.9 Å². The van der Waals surface area contributed by atoms with E-state index in [9.17, 15) is 9.90 Å². The van der Waals surface area contributed by atoms with Crippen molar-refractivity contribution >= 4 is 5.91 Å². The third kappa shape index (κ3) is 5.23. The highest BCUT2D eigenvalue weighted by atomic mass is 16.5. The Morgan fingerprint density at radius 3 is 2.92 bits per heavy atom. The van der Waals surface area contributed by atoms with Gasteiger partial charge in [-0.15, -0.1) is 0 Å². The van der Waals surface area contributed by atoms with Gasteiger partial charge in [0, 0.05) is 19.6 Å². The van der Waals surface area contributed by atoms with E-state index in [2.05, 4.69) is 17.4 Å². The fraction of sp³-hybridized carbons (Fsp3) is 0.650. The third-order valence-electron chi connectivity index (χ3n) is 5.00. The van der Waals surface area contributed by atoms with E-state index in [-0.39, 0.29) is 17.9 Å². The van der Waals surface area contributed by atoms with Crippen LogP contribution in [0.2, 0.25) is 0 Å². The summed E-state index contributed by atoms with van der Waals surface area (Å²) in [5.74, 6) is 1.34. The third-order valence-corrected chi connectivity index (χ3v) is 5.00. The van der Waals surface area contributed by atoms with E-state index in [0.29, 0.717) is 18.9 Å². The number of rotatable bonds is 8. The molecule has 0 radical (unpaired) electrons. The maximum atomic E-state index is 12.3. The predicted octanol–water partition coefficient (Wildman–Crippen LogP) is 3.42. The van der Waals surface area contributed by atoms with E-state index in [1.807, 2.05) is 19.9 Å². The first-order chi connectivity index (χ1) is 11.4. The number of amides is 1. The average Bonchev–Trinajstić information content (AvgIpc) is 2.58. The minimum atomic E-state index is -0.0634. The Kier molecular flexibility index (Phi) is 6.67. The molecule has 1 amide bonds. The predicted molar refractivity (Wildman–Crippen MR) is 96.4 cm³/mol. The second kappa shape index (κ2) is 8.52. The van der Waals surface area contributed by atoms with Crippen molar-refractivity contribution in [3.63, 3.8) is 0 Å². The van der Waals surface area contributed by atoms with Gasteiger partial charge in [0.05, 0.1) is 7.11 Å². The number of aliphatic hydroxyl groups excluding tert-OH is 1. The van der Waals surface area contributed by atoms with Crippen molar-refractivity contribution < 1.29 is 14.6 Å². The Bertz CT molecular complexity index is 554. The van der Waals surface area contributed by atoms with Crippen LogP contribution in [0.5, 0.6) is 5.75 Å². The van der Waals surface area contributed by atoms with Crippen LogP contribution in [0, 0.1) is 5.41 Å². The fourth-order valence-electron chi connectivity index (χ4n) is 3.40. The molecule has 0 saturated carbocycles. The largest absolute Gasteiger partial charge is 0.497 e. The number of aliphatic hydroxyl groups is 1. The molecular weight excluding hydrogens is 302 g/mol. The highest BCUT2D eigenvalue weighted by Crippen LogP contribution is 2.35. The Morgan fingerprint density at radius 2 is 2.21 bits per heavy atom. The Labute approximate surface area is 145 Å². The van der Waals surface area contributed by atoms with Crippen molar-refractivity contribution in [1.82, 2.24) is 5.32 Å². The van der Waals surface area contributed by atoms with Crippen LogP contribution in [0.1, 0.15) is 63.0 Å². The number of hydrogen-bond acceptors (Lipinski definition) is 3. The molecule has 0 spiro atoms. The van der Waals surface area contributed by atoms with Crippen LogP contribution in [0.3, 0.4) is 0 Å². The summed E-state index contributed by atoms with van der Waals surface area (Å²) in [7, 11) is 1.69. The van der Waals surface area contributed by atoms with Gasteiger partial charge in [-0.05, 0) is 66.7 Å². The lowest BCUT2D eigenvalue weighted by Gasteiger charge is -2.26. The van der Waals surface area contributed by atoms with Crippen molar-refractivity contribution in [1.29, 1.82) is 0 Å². The van der Waals surface area contributed by atoms with Crippen molar-refractivity contribution in [3.05, 3.63) is 29.3 Å². The van der Waals surface area contributed by atoms with E-state index >= 15 is 0 Å². The minimum Gasteiger partial charge on any atom is -0.497 e. The van der Waals surface area contributed by atoms with Crippen molar-refractivity contribution in [2.24, 2.45) is 5.41 Å². The van der Waals surface area contributed by atoms with Gasteiger partial charge in [0.2, 0.25) is 5.91 Å². The summed E-state index contributed by atoms with van der Waals surface area (Å²) in [5, 5.41) is 12.3. The molecule has 0 aromatic heterocycles. The molecule has 2 N–H and O–H groups in total. The lowest BCUT2D eigenvalue weighted by Crippen LogP contribution is -2.28. The molecule has 4 heteroatoms. The maximum absolute atomic E-state index is 12.3. The van der Waals surface area contributed by atoms with Crippen LogP contribution in [0.15, 0.2) is 18.2 Å². The number of methoxy groups -OCH3 is 1.